The lowest BCUT2D eigenvalue weighted by molar-refractivity contribution is 0.231. The van der Waals surface area contributed by atoms with Crippen molar-refractivity contribution in [2.45, 2.75) is 25.8 Å². The van der Waals surface area contributed by atoms with Crippen LogP contribution in [-0.4, -0.2) is 24.2 Å². The molecule has 0 radical (unpaired) electrons. The number of rotatable bonds is 4. The summed E-state index contributed by atoms with van der Waals surface area (Å²) in [6, 6.07) is 7.51. The summed E-state index contributed by atoms with van der Waals surface area (Å²) in [5.74, 6) is 1.05. The van der Waals surface area contributed by atoms with Gasteiger partial charge in [-0.25, -0.2) is 9.78 Å². The molecular formula is C16H19N3O2S. The molecule has 2 aromatic rings. The third-order valence-corrected chi connectivity index (χ3v) is 4.83. The van der Waals surface area contributed by atoms with E-state index < -0.39 is 0 Å². The van der Waals surface area contributed by atoms with Gasteiger partial charge in [0.2, 0.25) is 0 Å². The van der Waals surface area contributed by atoms with Crippen molar-refractivity contribution in [2.75, 3.05) is 13.2 Å². The van der Waals surface area contributed by atoms with E-state index in [1.807, 2.05) is 36.6 Å². The number of fused-ring (bicyclic) bond motifs is 1. The Balaban J connectivity index is 1.51. The van der Waals surface area contributed by atoms with Gasteiger partial charge < -0.3 is 15.4 Å². The zero-order valence-electron chi connectivity index (χ0n) is 12.6. The Morgan fingerprint density at radius 2 is 2.32 bits per heavy atom. The Morgan fingerprint density at radius 3 is 3.09 bits per heavy atom. The first kappa shape index (κ1) is 14.8. The van der Waals surface area contributed by atoms with Crippen molar-refractivity contribution in [2.24, 2.45) is 0 Å². The second kappa shape index (κ2) is 6.36. The number of benzene rings is 1. The molecule has 2 N–H and O–H groups in total. The molecule has 6 heteroatoms. The second-order valence-electron chi connectivity index (χ2n) is 5.48. The van der Waals surface area contributed by atoms with Crippen molar-refractivity contribution in [1.29, 1.82) is 0 Å². The molecule has 3 rings (SSSR count). The van der Waals surface area contributed by atoms with Gasteiger partial charge in [-0.2, -0.15) is 0 Å². The van der Waals surface area contributed by atoms with Gasteiger partial charge in [0.1, 0.15) is 12.4 Å². The van der Waals surface area contributed by atoms with Crippen LogP contribution >= 0.6 is 11.3 Å². The summed E-state index contributed by atoms with van der Waals surface area (Å²) < 4.78 is 5.56. The smallest absolute Gasteiger partial charge is 0.315 e. The zero-order valence-corrected chi connectivity index (χ0v) is 13.4. The number of nitrogens with one attached hydrogen (secondary N) is 2. The first-order chi connectivity index (χ1) is 10.6. The quantitative estimate of drug-likeness (QED) is 0.911. The highest BCUT2D eigenvalue weighted by Gasteiger charge is 2.25. The summed E-state index contributed by atoms with van der Waals surface area (Å²) in [5.41, 5.74) is 2.05. The molecule has 116 valence electrons. The summed E-state index contributed by atoms with van der Waals surface area (Å²) >= 11 is 1.63. The van der Waals surface area contributed by atoms with Gasteiger partial charge in [-0.05, 0) is 13.0 Å². The Hall–Kier alpha value is -2.08. The highest BCUT2D eigenvalue weighted by molar-refractivity contribution is 7.09. The van der Waals surface area contributed by atoms with Crippen LogP contribution in [0, 0.1) is 6.92 Å². The normalized spacial score (nSPS) is 17.5. The van der Waals surface area contributed by atoms with E-state index in [9.17, 15) is 4.79 Å². The van der Waals surface area contributed by atoms with E-state index in [-0.39, 0.29) is 18.0 Å². The molecule has 0 unspecified atom stereocenters. The molecule has 2 amide bonds. The van der Waals surface area contributed by atoms with Gasteiger partial charge in [-0.1, -0.05) is 25.1 Å². The number of carbonyl (C=O) groups is 1. The van der Waals surface area contributed by atoms with Crippen LogP contribution in [0.2, 0.25) is 0 Å². The first-order valence-electron chi connectivity index (χ1n) is 7.31. The summed E-state index contributed by atoms with van der Waals surface area (Å²) in [6.07, 6.45) is 0. The molecule has 2 heterocycles. The molecule has 0 saturated heterocycles. The van der Waals surface area contributed by atoms with Gasteiger partial charge in [0.15, 0.2) is 0 Å². The highest BCUT2D eigenvalue weighted by atomic mass is 32.1. The number of amides is 2. The monoisotopic (exact) mass is 317 g/mol. The molecule has 1 aromatic carbocycles. The minimum atomic E-state index is -0.176. The number of thiazole rings is 1. The van der Waals surface area contributed by atoms with Gasteiger partial charge in [0.25, 0.3) is 0 Å². The SMILES string of the molecule is Cc1csc([C@@H](C)CNC(=O)N[C@H]2COc3ccccc32)n1. The fraction of sp³-hybridized carbons (Fsp3) is 0.375. The predicted molar refractivity (Wildman–Crippen MR) is 86.5 cm³/mol. The molecule has 1 aromatic heterocycles. The van der Waals surface area contributed by atoms with Crippen LogP contribution < -0.4 is 15.4 Å². The molecule has 1 aliphatic heterocycles. The lowest BCUT2D eigenvalue weighted by Crippen LogP contribution is -2.40. The Kier molecular flexibility index (Phi) is 4.29. The first-order valence-corrected chi connectivity index (χ1v) is 8.19. The molecule has 0 spiro atoms. The largest absolute Gasteiger partial charge is 0.491 e. The molecule has 2 atom stereocenters. The molecule has 0 saturated carbocycles. The van der Waals surface area contributed by atoms with E-state index in [1.165, 1.54) is 0 Å². The van der Waals surface area contributed by atoms with E-state index in [4.69, 9.17) is 4.74 Å². The second-order valence-corrected chi connectivity index (χ2v) is 6.37. The summed E-state index contributed by atoms with van der Waals surface area (Å²) in [7, 11) is 0. The average molecular weight is 317 g/mol. The fourth-order valence-corrected chi connectivity index (χ4v) is 3.28. The highest BCUT2D eigenvalue weighted by Crippen LogP contribution is 2.31. The van der Waals surface area contributed by atoms with E-state index in [0.29, 0.717) is 13.2 Å². The fourth-order valence-electron chi connectivity index (χ4n) is 2.42. The van der Waals surface area contributed by atoms with Crippen molar-refractivity contribution in [1.82, 2.24) is 15.6 Å². The van der Waals surface area contributed by atoms with Gasteiger partial charge in [0.05, 0.1) is 11.0 Å². The number of urea groups is 1. The van der Waals surface area contributed by atoms with E-state index in [0.717, 1.165) is 22.0 Å². The van der Waals surface area contributed by atoms with Crippen molar-refractivity contribution >= 4 is 17.4 Å². The molecular weight excluding hydrogens is 298 g/mol. The van der Waals surface area contributed by atoms with Crippen molar-refractivity contribution in [3.05, 3.63) is 45.9 Å². The van der Waals surface area contributed by atoms with Crippen LogP contribution in [0.4, 0.5) is 4.79 Å². The van der Waals surface area contributed by atoms with Gasteiger partial charge >= 0.3 is 6.03 Å². The van der Waals surface area contributed by atoms with E-state index in [1.54, 1.807) is 11.3 Å². The van der Waals surface area contributed by atoms with Crippen LogP contribution in [0.3, 0.4) is 0 Å². The summed E-state index contributed by atoms with van der Waals surface area (Å²) in [4.78, 5) is 16.5. The minimum Gasteiger partial charge on any atom is -0.491 e. The van der Waals surface area contributed by atoms with Crippen molar-refractivity contribution in [3.8, 4) is 5.75 Å². The molecule has 5 nitrogen and oxygen atoms in total. The number of nitrogens with zero attached hydrogens (tertiary/aromatic N) is 1. The maximum Gasteiger partial charge on any atom is 0.315 e. The van der Waals surface area contributed by atoms with Crippen LogP contribution in [0.15, 0.2) is 29.6 Å². The number of hydrogen-bond acceptors (Lipinski definition) is 4. The maximum absolute atomic E-state index is 12.1. The third-order valence-electron chi connectivity index (χ3n) is 3.63. The van der Waals surface area contributed by atoms with Crippen molar-refractivity contribution < 1.29 is 9.53 Å². The van der Waals surface area contributed by atoms with Crippen LogP contribution in [0.1, 0.15) is 35.1 Å². The van der Waals surface area contributed by atoms with Crippen molar-refractivity contribution in [3.63, 3.8) is 0 Å². The number of hydrogen-bond donors (Lipinski definition) is 2. The molecule has 1 aliphatic rings. The van der Waals surface area contributed by atoms with Crippen LogP contribution in [-0.2, 0) is 0 Å². The van der Waals surface area contributed by atoms with Crippen LogP contribution in [0.25, 0.3) is 0 Å². The van der Waals surface area contributed by atoms with Gasteiger partial charge in [-0.15, -0.1) is 11.3 Å². The molecule has 22 heavy (non-hydrogen) atoms. The Bertz CT molecular complexity index is 671. The number of ether oxygens (including phenoxy) is 1. The third kappa shape index (κ3) is 3.22. The predicted octanol–water partition coefficient (Wildman–Crippen LogP) is 2.99. The number of aryl methyl sites for hydroxylation is 1. The lowest BCUT2D eigenvalue weighted by atomic mass is 10.1. The number of carbonyl (C=O) groups excluding carboxylic acids is 1. The Morgan fingerprint density at radius 1 is 1.50 bits per heavy atom. The summed E-state index contributed by atoms with van der Waals surface area (Å²) in [5, 5.41) is 8.94. The summed E-state index contributed by atoms with van der Waals surface area (Å²) in [6.45, 7) is 5.08. The average Bonchev–Trinajstić information content (AvgIpc) is 3.12. The van der Waals surface area contributed by atoms with Crippen LogP contribution in [0.5, 0.6) is 5.75 Å². The van der Waals surface area contributed by atoms with Gasteiger partial charge in [0, 0.05) is 29.1 Å². The molecule has 0 fully saturated rings. The van der Waals surface area contributed by atoms with Gasteiger partial charge in [-0.3, -0.25) is 0 Å². The topological polar surface area (TPSA) is 63.2 Å². The minimum absolute atomic E-state index is 0.0892. The van der Waals surface area contributed by atoms with E-state index in [2.05, 4.69) is 22.5 Å². The number of aromatic nitrogens is 1. The maximum atomic E-state index is 12.1. The van der Waals surface area contributed by atoms with E-state index >= 15 is 0 Å². The zero-order chi connectivity index (χ0) is 15.5. The molecule has 0 bridgehead atoms. The molecule has 0 aliphatic carbocycles. The standard InChI is InChI=1S/C16H19N3O2S/c1-10(15-18-11(2)9-22-15)7-17-16(20)19-13-8-21-14-6-4-3-5-12(13)14/h3-6,9-10,13H,7-8H2,1-2H3,(H2,17,19,20)/t10-,13-/m0/s1. The number of para-hydroxylation sites is 1. The Labute approximate surface area is 133 Å². The lowest BCUT2D eigenvalue weighted by Gasteiger charge is -2.14.